The molecule has 0 spiro atoms. The van der Waals surface area contributed by atoms with Crippen molar-refractivity contribution in [2.24, 2.45) is 0 Å². The van der Waals surface area contributed by atoms with Crippen LogP contribution in [0.25, 0.3) is 17.1 Å². The van der Waals surface area contributed by atoms with Gasteiger partial charge in [0.25, 0.3) is 5.56 Å². The second-order valence-electron chi connectivity index (χ2n) is 9.72. The molecule has 4 aromatic rings. The van der Waals surface area contributed by atoms with E-state index in [0.29, 0.717) is 41.3 Å². The maximum atomic E-state index is 14.2. The van der Waals surface area contributed by atoms with Crippen LogP contribution in [0.3, 0.4) is 0 Å². The Bertz CT molecular complexity index is 1580. The van der Waals surface area contributed by atoms with Gasteiger partial charge in [0.2, 0.25) is 0 Å². The van der Waals surface area contributed by atoms with Crippen LogP contribution in [0.4, 0.5) is 14.5 Å². The summed E-state index contributed by atoms with van der Waals surface area (Å²) in [5.41, 5.74) is 3.34. The highest BCUT2D eigenvalue weighted by atomic mass is 19.1. The Morgan fingerprint density at radius 1 is 1.03 bits per heavy atom. The molecule has 5 heterocycles. The average molecular weight is 505 g/mol. The lowest BCUT2D eigenvalue weighted by Crippen LogP contribution is -2.25. The van der Waals surface area contributed by atoms with Gasteiger partial charge in [-0.1, -0.05) is 0 Å². The molecule has 1 aliphatic heterocycles. The minimum Gasteiger partial charge on any atom is -0.382 e. The van der Waals surface area contributed by atoms with Crippen molar-refractivity contribution < 1.29 is 13.9 Å². The smallest absolute Gasteiger partial charge is 0.260 e. The number of fused-ring (bicyclic) bond motifs is 1. The van der Waals surface area contributed by atoms with Gasteiger partial charge in [-0.05, 0) is 57.9 Å². The third kappa shape index (κ3) is 4.60. The number of aromatic nitrogens is 5. The van der Waals surface area contributed by atoms with Crippen molar-refractivity contribution in [3.05, 3.63) is 93.2 Å². The quantitative estimate of drug-likeness (QED) is 0.442. The van der Waals surface area contributed by atoms with E-state index in [9.17, 15) is 18.7 Å². The number of nitrogens with zero attached hydrogens (tertiary/aromatic N) is 6. The second-order valence-corrected chi connectivity index (χ2v) is 9.72. The SMILES string of the molecule is Cc1cnc(-c2ccnc(C(C)(C)O)n2)cc1-n1c(C)cc2c(c1=O)CCN2Cc1ncc(F)cc1F. The van der Waals surface area contributed by atoms with E-state index in [2.05, 4.69) is 19.9 Å². The summed E-state index contributed by atoms with van der Waals surface area (Å²) in [6.45, 7) is 7.59. The minimum atomic E-state index is -1.21. The molecular weight excluding hydrogens is 478 g/mol. The molecule has 0 unspecified atom stereocenters. The third-order valence-corrected chi connectivity index (χ3v) is 6.45. The van der Waals surface area contributed by atoms with E-state index in [1.165, 1.54) is 0 Å². The molecular formula is C27H26F2N6O2. The standard InChI is InChI=1S/C27H26F2N6O2/c1-15-12-31-21(20-5-7-30-26(33-20)27(3,4)37)11-23(15)35-16(2)9-24-18(25(35)36)6-8-34(24)14-22-19(29)10-17(28)13-32-22/h5,7,9-13,37H,6,8,14H2,1-4H3. The number of anilines is 1. The fourth-order valence-electron chi connectivity index (χ4n) is 4.53. The lowest BCUT2D eigenvalue weighted by atomic mass is 10.1. The van der Waals surface area contributed by atoms with Crippen LogP contribution in [0, 0.1) is 25.5 Å². The summed E-state index contributed by atoms with van der Waals surface area (Å²) in [5.74, 6) is -1.17. The molecule has 0 bridgehead atoms. The first-order valence-electron chi connectivity index (χ1n) is 11.9. The molecule has 5 rings (SSSR count). The van der Waals surface area contributed by atoms with Crippen LogP contribution >= 0.6 is 0 Å². The fraction of sp³-hybridized carbons (Fsp3) is 0.296. The first-order valence-corrected chi connectivity index (χ1v) is 11.9. The summed E-state index contributed by atoms with van der Waals surface area (Å²) in [4.78, 5) is 32.6. The van der Waals surface area contributed by atoms with Crippen LogP contribution in [0.1, 0.15) is 42.2 Å². The lowest BCUT2D eigenvalue weighted by Gasteiger charge is -2.21. The molecule has 1 aliphatic rings. The van der Waals surface area contributed by atoms with Gasteiger partial charge in [-0.15, -0.1) is 0 Å². The van der Waals surface area contributed by atoms with E-state index in [1.54, 1.807) is 42.9 Å². The fourth-order valence-corrected chi connectivity index (χ4v) is 4.53. The Morgan fingerprint density at radius 3 is 2.54 bits per heavy atom. The number of aliphatic hydroxyl groups is 1. The van der Waals surface area contributed by atoms with Crippen molar-refractivity contribution >= 4 is 5.69 Å². The molecule has 0 radical (unpaired) electrons. The molecule has 10 heteroatoms. The first-order chi connectivity index (χ1) is 17.5. The minimum absolute atomic E-state index is 0.126. The predicted molar refractivity (Wildman–Crippen MR) is 134 cm³/mol. The summed E-state index contributed by atoms with van der Waals surface area (Å²) in [5, 5.41) is 10.3. The number of rotatable bonds is 5. The van der Waals surface area contributed by atoms with E-state index >= 15 is 0 Å². The molecule has 37 heavy (non-hydrogen) atoms. The number of halogens is 2. The first kappa shape index (κ1) is 24.6. The molecule has 4 aromatic heterocycles. The molecule has 0 fully saturated rings. The maximum Gasteiger partial charge on any atom is 0.260 e. The van der Waals surface area contributed by atoms with Gasteiger partial charge in [0.1, 0.15) is 17.2 Å². The highest BCUT2D eigenvalue weighted by Crippen LogP contribution is 2.30. The topological polar surface area (TPSA) is 97.0 Å². The number of hydrogen-bond acceptors (Lipinski definition) is 7. The largest absolute Gasteiger partial charge is 0.382 e. The zero-order chi connectivity index (χ0) is 26.5. The van der Waals surface area contributed by atoms with Crippen LogP contribution in [-0.4, -0.2) is 36.2 Å². The van der Waals surface area contributed by atoms with Crippen molar-refractivity contribution in [3.8, 4) is 17.1 Å². The normalized spacial score (nSPS) is 13.2. The molecule has 0 saturated carbocycles. The zero-order valence-corrected chi connectivity index (χ0v) is 21.0. The van der Waals surface area contributed by atoms with E-state index in [4.69, 9.17) is 0 Å². The maximum absolute atomic E-state index is 14.2. The molecule has 1 N–H and O–H groups in total. The van der Waals surface area contributed by atoms with E-state index in [-0.39, 0.29) is 23.6 Å². The van der Waals surface area contributed by atoms with Gasteiger partial charge in [0.05, 0.1) is 35.5 Å². The highest BCUT2D eigenvalue weighted by Gasteiger charge is 2.27. The van der Waals surface area contributed by atoms with E-state index < -0.39 is 17.2 Å². The van der Waals surface area contributed by atoms with Gasteiger partial charge in [0.15, 0.2) is 5.82 Å². The Hall–Kier alpha value is -4.05. The average Bonchev–Trinajstić information content (AvgIpc) is 3.24. The zero-order valence-electron chi connectivity index (χ0n) is 21.0. The van der Waals surface area contributed by atoms with Crippen molar-refractivity contribution in [3.63, 3.8) is 0 Å². The molecule has 0 amide bonds. The van der Waals surface area contributed by atoms with Crippen LogP contribution in [0.5, 0.6) is 0 Å². The molecule has 0 atom stereocenters. The molecule has 190 valence electrons. The monoisotopic (exact) mass is 504 g/mol. The summed E-state index contributed by atoms with van der Waals surface area (Å²) in [6.07, 6.45) is 4.74. The Kier molecular flexibility index (Phi) is 6.07. The van der Waals surface area contributed by atoms with Gasteiger partial charge in [0, 0.05) is 41.9 Å². The molecule has 0 aromatic carbocycles. The van der Waals surface area contributed by atoms with Gasteiger partial charge in [-0.3, -0.25) is 19.3 Å². The van der Waals surface area contributed by atoms with Gasteiger partial charge in [-0.25, -0.2) is 18.7 Å². The summed E-state index contributed by atoms with van der Waals surface area (Å²) >= 11 is 0. The predicted octanol–water partition coefficient (Wildman–Crippen LogP) is 3.77. The van der Waals surface area contributed by atoms with Crippen LogP contribution in [0.15, 0.2) is 47.7 Å². The van der Waals surface area contributed by atoms with Crippen molar-refractivity contribution in [1.82, 2.24) is 24.5 Å². The number of aryl methyl sites for hydroxylation is 2. The van der Waals surface area contributed by atoms with Crippen molar-refractivity contribution in [1.29, 1.82) is 0 Å². The second kappa shape index (κ2) is 9.11. The number of hydrogen-bond donors (Lipinski definition) is 1. The van der Waals surface area contributed by atoms with Gasteiger partial charge >= 0.3 is 0 Å². The molecule has 8 nitrogen and oxygen atoms in total. The van der Waals surface area contributed by atoms with Crippen LogP contribution < -0.4 is 10.5 Å². The lowest BCUT2D eigenvalue weighted by molar-refractivity contribution is 0.0688. The Balaban J connectivity index is 1.55. The highest BCUT2D eigenvalue weighted by molar-refractivity contribution is 5.62. The summed E-state index contributed by atoms with van der Waals surface area (Å²) < 4.78 is 29.1. The van der Waals surface area contributed by atoms with E-state index in [1.807, 2.05) is 24.8 Å². The van der Waals surface area contributed by atoms with Gasteiger partial charge in [-0.2, -0.15) is 0 Å². The van der Waals surface area contributed by atoms with E-state index in [0.717, 1.165) is 23.5 Å². The van der Waals surface area contributed by atoms with Crippen LogP contribution in [0.2, 0.25) is 0 Å². The van der Waals surface area contributed by atoms with Crippen molar-refractivity contribution in [2.45, 2.75) is 46.3 Å². The third-order valence-electron chi connectivity index (χ3n) is 6.45. The molecule has 0 saturated heterocycles. The van der Waals surface area contributed by atoms with Crippen LogP contribution in [-0.2, 0) is 18.6 Å². The molecule has 0 aliphatic carbocycles. The van der Waals surface area contributed by atoms with Gasteiger partial charge < -0.3 is 10.0 Å². The Labute approximate surface area is 212 Å². The number of pyridine rings is 3. The summed E-state index contributed by atoms with van der Waals surface area (Å²) in [7, 11) is 0. The Morgan fingerprint density at radius 2 is 1.81 bits per heavy atom. The van der Waals surface area contributed by atoms with Crippen molar-refractivity contribution in [2.75, 3.05) is 11.4 Å². The summed E-state index contributed by atoms with van der Waals surface area (Å²) in [6, 6.07) is 6.23.